The summed E-state index contributed by atoms with van der Waals surface area (Å²) in [6.45, 7) is 3.12. The van der Waals surface area contributed by atoms with Gasteiger partial charge in [-0.15, -0.1) is 0 Å². The zero-order chi connectivity index (χ0) is 11.4. The minimum Gasteiger partial charge on any atom is -0.399 e. The maximum Gasteiger partial charge on any atom is 0.0390 e. The summed E-state index contributed by atoms with van der Waals surface area (Å²) in [6.07, 6.45) is 7.44. The van der Waals surface area contributed by atoms with Gasteiger partial charge < -0.3 is 11.1 Å². The van der Waals surface area contributed by atoms with E-state index in [1.165, 1.54) is 30.5 Å². The molecule has 3 N–H and O–H groups in total. The van der Waals surface area contributed by atoms with Crippen molar-refractivity contribution in [1.82, 2.24) is 0 Å². The largest absolute Gasteiger partial charge is 0.399 e. The van der Waals surface area contributed by atoms with Gasteiger partial charge in [-0.25, -0.2) is 0 Å². The third kappa shape index (κ3) is 2.78. The van der Waals surface area contributed by atoms with E-state index in [1.54, 1.807) is 5.57 Å². The smallest absolute Gasteiger partial charge is 0.0390 e. The number of anilines is 2. The van der Waals surface area contributed by atoms with E-state index in [0.29, 0.717) is 0 Å². The lowest BCUT2D eigenvalue weighted by molar-refractivity contribution is 0.863. The Bertz CT molecular complexity index is 394. The molecule has 86 valence electrons. The van der Waals surface area contributed by atoms with E-state index in [9.17, 15) is 0 Å². The molecule has 0 atom stereocenters. The summed E-state index contributed by atoms with van der Waals surface area (Å²) in [5, 5.41) is 3.46. The molecule has 0 amide bonds. The fourth-order valence-corrected chi connectivity index (χ4v) is 2.15. The van der Waals surface area contributed by atoms with E-state index < -0.39 is 0 Å². The Morgan fingerprint density at radius 2 is 2.25 bits per heavy atom. The standard InChI is InChI=1S/C14H20N2/c1-11-6-7-13(15)10-14(11)16-9-8-12-4-2-3-5-12/h4,6-7,10,16H,2-3,5,8-9,15H2,1H3. The summed E-state index contributed by atoms with van der Waals surface area (Å²) in [5.41, 5.74) is 10.6. The van der Waals surface area contributed by atoms with Crippen molar-refractivity contribution in [1.29, 1.82) is 0 Å². The Kier molecular flexibility index (Phi) is 3.50. The summed E-state index contributed by atoms with van der Waals surface area (Å²) in [6, 6.07) is 6.02. The van der Waals surface area contributed by atoms with Crippen molar-refractivity contribution in [3.63, 3.8) is 0 Å². The van der Waals surface area contributed by atoms with Gasteiger partial charge in [0, 0.05) is 17.9 Å². The van der Waals surface area contributed by atoms with Crippen LogP contribution in [-0.4, -0.2) is 6.54 Å². The number of rotatable bonds is 4. The van der Waals surface area contributed by atoms with Gasteiger partial charge >= 0.3 is 0 Å². The summed E-state index contributed by atoms with van der Waals surface area (Å²) in [7, 11) is 0. The van der Waals surface area contributed by atoms with Crippen molar-refractivity contribution in [2.24, 2.45) is 0 Å². The van der Waals surface area contributed by atoms with Crippen molar-refractivity contribution < 1.29 is 0 Å². The molecular weight excluding hydrogens is 196 g/mol. The zero-order valence-electron chi connectivity index (χ0n) is 9.92. The van der Waals surface area contributed by atoms with Crippen molar-refractivity contribution in [2.45, 2.75) is 32.6 Å². The number of hydrogen-bond acceptors (Lipinski definition) is 2. The van der Waals surface area contributed by atoms with E-state index in [2.05, 4.69) is 24.4 Å². The SMILES string of the molecule is Cc1ccc(N)cc1NCCC1=CCCC1. The Labute approximate surface area is 97.5 Å². The summed E-state index contributed by atoms with van der Waals surface area (Å²) in [4.78, 5) is 0. The third-order valence-corrected chi connectivity index (χ3v) is 3.16. The van der Waals surface area contributed by atoms with Crippen LogP contribution >= 0.6 is 0 Å². The average Bonchev–Trinajstić information content (AvgIpc) is 2.76. The minimum atomic E-state index is 0.827. The van der Waals surface area contributed by atoms with Crippen LogP contribution in [0, 0.1) is 6.92 Å². The van der Waals surface area contributed by atoms with Gasteiger partial charge in [-0.1, -0.05) is 17.7 Å². The number of nitrogens with two attached hydrogens (primary N) is 1. The van der Waals surface area contributed by atoms with Crippen molar-refractivity contribution in [3.8, 4) is 0 Å². The number of aryl methyl sites for hydroxylation is 1. The molecule has 1 aliphatic rings. The topological polar surface area (TPSA) is 38.0 Å². The molecule has 0 radical (unpaired) electrons. The Morgan fingerprint density at radius 3 is 3.00 bits per heavy atom. The second kappa shape index (κ2) is 5.06. The van der Waals surface area contributed by atoms with Gasteiger partial charge in [-0.05, 0) is 50.3 Å². The normalized spacial score (nSPS) is 14.9. The van der Waals surface area contributed by atoms with Crippen molar-refractivity contribution >= 4 is 11.4 Å². The molecule has 0 fully saturated rings. The van der Waals surface area contributed by atoms with Gasteiger partial charge in [-0.3, -0.25) is 0 Å². The molecule has 1 aromatic carbocycles. The molecule has 0 heterocycles. The van der Waals surface area contributed by atoms with Crippen LogP contribution in [-0.2, 0) is 0 Å². The minimum absolute atomic E-state index is 0.827. The molecule has 0 aromatic heterocycles. The highest BCUT2D eigenvalue weighted by molar-refractivity contribution is 5.59. The lowest BCUT2D eigenvalue weighted by atomic mass is 10.1. The van der Waals surface area contributed by atoms with Gasteiger partial charge in [0.25, 0.3) is 0 Å². The third-order valence-electron chi connectivity index (χ3n) is 3.16. The molecular formula is C14H20N2. The maximum absolute atomic E-state index is 5.77. The Balaban J connectivity index is 1.86. The molecule has 2 heteroatoms. The maximum atomic E-state index is 5.77. The first kappa shape index (κ1) is 11.1. The van der Waals surface area contributed by atoms with Gasteiger partial charge in [-0.2, -0.15) is 0 Å². The van der Waals surface area contributed by atoms with Crippen LogP contribution in [0.5, 0.6) is 0 Å². The number of hydrogen-bond donors (Lipinski definition) is 2. The van der Waals surface area contributed by atoms with Gasteiger partial charge in [0.1, 0.15) is 0 Å². The van der Waals surface area contributed by atoms with Crippen LogP contribution < -0.4 is 11.1 Å². The molecule has 2 nitrogen and oxygen atoms in total. The molecule has 0 spiro atoms. The van der Waals surface area contributed by atoms with E-state index in [0.717, 1.165) is 18.7 Å². The lowest BCUT2D eigenvalue weighted by Gasteiger charge is -2.10. The van der Waals surface area contributed by atoms with Crippen molar-refractivity contribution in [2.75, 3.05) is 17.6 Å². The van der Waals surface area contributed by atoms with Crippen LogP contribution in [0.15, 0.2) is 29.8 Å². The van der Waals surface area contributed by atoms with Gasteiger partial charge in [0.15, 0.2) is 0 Å². The van der Waals surface area contributed by atoms with Crippen LogP contribution in [0.1, 0.15) is 31.2 Å². The molecule has 0 unspecified atom stereocenters. The molecule has 2 rings (SSSR count). The monoisotopic (exact) mass is 216 g/mol. The first-order valence-corrected chi connectivity index (χ1v) is 6.03. The number of nitrogens with one attached hydrogen (secondary N) is 1. The fraction of sp³-hybridized carbons (Fsp3) is 0.429. The van der Waals surface area contributed by atoms with E-state index in [4.69, 9.17) is 5.73 Å². The highest BCUT2D eigenvalue weighted by atomic mass is 14.9. The Hall–Kier alpha value is -1.44. The van der Waals surface area contributed by atoms with Crippen LogP contribution in [0.2, 0.25) is 0 Å². The second-order valence-corrected chi connectivity index (χ2v) is 4.51. The summed E-state index contributed by atoms with van der Waals surface area (Å²) < 4.78 is 0. The number of benzene rings is 1. The lowest BCUT2D eigenvalue weighted by Crippen LogP contribution is -2.04. The van der Waals surface area contributed by atoms with Crippen LogP contribution in [0.3, 0.4) is 0 Å². The van der Waals surface area contributed by atoms with Crippen LogP contribution in [0.4, 0.5) is 11.4 Å². The number of allylic oxidation sites excluding steroid dienone is 1. The zero-order valence-corrected chi connectivity index (χ0v) is 9.92. The molecule has 0 saturated heterocycles. The second-order valence-electron chi connectivity index (χ2n) is 4.51. The molecule has 16 heavy (non-hydrogen) atoms. The van der Waals surface area contributed by atoms with E-state index >= 15 is 0 Å². The predicted octanol–water partition coefficient (Wildman–Crippen LogP) is 3.49. The quantitative estimate of drug-likeness (QED) is 0.597. The molecule has 0 bridgehead atoms. The highest BCUT2D eigenvalue weighted by Gasteiger charge is 2.04. The van der Waals surface area contributed by atoms with E-state index in [1.807, 2.05) is 12.1 Å². The van der Waals surface area contributed by atoms with Crippen LogP contribution in [0.25, 0.3) is 0 Å². The molecule has 1 aromatic rings. The summed E-state index contributed by atoms with van der Waals surface area (Å²) in [5.74, 6) is 0. The molecule has 0 aliphatic heterocycles. The predicted molar refractivity (Wildman–Crippen MR) is 70.6 cm³/mol. The van der Waals surface area contributed by atoms with Gasteiger partial charge in [0.2, 0.25) is 0 Å². The first-order valence-electron chi connectivity index (χ1n) is 6.03. The highest BCUT2D eigenvalue weighted by Crippen LogP contribution is 2.22. The summed E-state index contributed by atoms with van der Waals surface area (Å²) >= 11 is 0. The first-order chi connectivity index (χ1) is 7.75. The molecule has 1 aliphatic carbocycles. The fourth-order valence-electron chi connectivity index (χ4n) is 2.15. The van der Waals surface area contributed by atoms with Crippen molar-refractivity contribution in [3.05, 3.63) is 35.4 Å². The number of nitrogen functional groups attached to an aromatic ring is 1. The van der Waals surface area contributed by atoms with Gasteiger partial charge in [0.05, 0.1) is 0 Å². The Morgan fingerprint density at radius 1 is 1.38 bits per heavy atom. The average molecular weight is 216 g/mol. The van der Waals surface area contributed by atoms with E-state index in [-0.39, 0.29) is 0 Å². The molecule has 0 saturated carbocycles.